The molecule has 1 aromatic heterocycles. The fourth-order valence-electron chi connectivity index (χ4n) is 3.07. The maximum atomic E-state index is 12.9. The minimum atomic E-state index is -3.75. The number of anilines is 4. The van der Waals surface area contributed by atoms with E-state index in [0.29, 0.717) is 24.7 Å². The molecule has 11 heteroatoms. The lowest BCUT2D eigenvalue weighted by Gasteiger charge is -2.18. The molecule has 1 fully saturated rings. The van der Waals surface area contributed by atoms with E-state index in [1.165, 1.54) is 10.4 Å². The summed E-state index contributed by atoms with van der Waals surface area (Å²) in [6, 6.07) is 12.2. The van der Waals surface area contributed by atoms with Crippen LogP contribution < -0.4 is 10.6 Å². The minimum Gasteiger partial charge on any atom is -0.504 e. The van der Waals surface area contributed by atoms with Crippen LogP contribution in [0.3, 0.4) is 0 Å². The van der Waals surface area contributed by atoms with E-state index in [0.717, 1.165) is 34.7 Å². The van der Waals surface area contributed by atoms with Gasteiger partial charge in [0.2, 0.25) is 10.0 Å². The van der Waals surface area contributed by atoms with Gasteiger partial charge < -0.3 is 15.7 Å². The van der Waals surface area contributed by atoms with Crippen LogP contribution in [0.2, 0.25) is 0 Å². The fourth-order valence-corrected chi connectivity index (χ4v) is 5.54. The lowest BCUT2D eigenvalue weighted by molar-refractivity contribution is 0.445. The highest BCUT2D eigenvalue weighted by atomic mass is 79.9. The number of benzene rings is 2. The first kappa shape index (κ1) is 20.1. The van der Waals surface area contributed by atoms with Crippen molar-refractivity contribution < 1.29 is 13.5 Å². The van der Waals surface area contributed by atoms with Gasteiger partial charge >= 0.3 is 0 Å². The SMILES string of the molecule is O=S(=O)(c1cccc(Nc2nsnc2Nc2ccccc2Br)c1O)N1CCCC1. The number of para-hydroxylation sites is 2. The Labute approximate surface area is 181 Å². The van der Waals surface area contributed by atoms with E-state index >= 15 is 0 Å². The van der Waals surface area contributed by atoms with Crippen molar-refractivity contribution in [3.8, 4) is 5.75 Å². The van der Waals surface area contributed by atoms with Gasteiger partial charge in [0.05, 0.1) is 23.1 Å². The first-order chi connectivity index (χ1) is 14.0. The molecule has 1 aliphatic heterocycles. The van der Waals surface area contributed by atoms with Gasteiger partial charge in [0.1, 0.15) is 4.90 Å². The number of sulfonamides is 1. The number of hydrogen-bond donors (Lipinski definition) is 3. The molecule has 0 aliphatic carbocycles. The van der Waals surface area contributed by atoms with Gasteiger partial charge in [-0.3, -0.25) is 0 Å². The monoisotopic (exact) mass is 495 g/mol. The normalized spacial score (nSPS) is 14.8. The molecule has 2 heterocycles. The largest absolute Gasteiger partial charge is 0.504 e. The molecule has 152 valence electrons. The zero-order valence-corrected chi connectivity index (χ0v) is 18.4. The zero-order chi connectivity index (χ0) is 20.4. The molecule has 0 spiro atoms. The van der Waals surface area contributed by atoms with Crippen LogP contribution in [0.1, 0.15) is 12.8 Å². The van der Waals surface area contributed by atoms with E-state index < -0.39 is 10.0 Å². The van der Waals surface area contributed by atoms with E-state index in [4.69, 9.17) is 0 Å². The fraction of sp³-hybridized carbons (Fsp3) is 0.222. The van der Waals surface area contributed by atoms with Crippen LogP contribution in [0.25, 0.3) is 0 Å². The van der Waals surface area contributed by atoms with Crippen molar-refractivity contribution in [1.29, 1.82) is 0 Å². The molecule has 1 saturated heterocycles. The average molecular weight is 496 g/mol. The Bertz CT molecular complexity index is 1130. The number of nitrogens with zero attached hydrogens (tertiary/aromatic N) is 3. The standard InChI is InChI=1S/C18H18BrN5O3S2/c19-12-6-1-2-7-13(12)20-17-18(23-28-22-17)21-14-8-5-9-15(16(14)25)29(26,27)24-10-3-4-11-24/h1-2,5-9,25H,3-4,10-11H2,(H,20,22)(H,21,23). The molecule has 0 amide bonds. The predicted molar refractivity (Wildman–Crippen MR) is 117 cm³/mol. The second-order valence-corrected chi connectivity index (χ2v) is 9.74. The lowest BCUT2D eigenvalue weighted by Crippen LogP contribution is -2.28. The smallest absolute Gasteiger partial charge is 0.246 e. The number of rotatable bonds is 6. The molecule has 0 radical (unpaired) electrons. The van der Waals surface area contributed by atoms with Crippen molar-refractivity contribution in [3.05, 3.63) is 46.9 Å². The summed E-state index contributed by atoms with van der Waals surface area (Å²) in [7, 11) is -3.75. The lowest BCUT2D eigenvalue weighted by atomic mass is 10.3. The first-order valence-electron chi connectivity index (χ1n) is 8.90. The number of aromatic hydroxyl groups is 1. The molecule has 3 N–H and O–H groups in total. The van der Waals surface area contributed by atoms with E-state index in [9.17, 15) is 13.5 Å². The van der Waals surface area contributed by atoms with E-state index in [-0.39, 0.29) is 16.3 Å². The summed E-state index contributed by atoms with van der Waals surface area (Å²) in [6.45, 7) is 0.935. The quantitative estimate of drug-likeness (QED) is 0.438. The number of aromatic nitrogens is 2. The molecule has 8 nitrogen and oxygen atoms in total. The Hall–Kier alpha value is -2.21. The molecule has 0 bridgehead atoms. The van der Waals surface area contributed by atoms with Crippen molar-refractivity contribution in [2.75, 3.05) is 23.7 Å². The minimum absolute atomic E-state index is 0.118. The molecular formula is C18H18BrN5O3S2. The van der Waals surface area contributed by atoms with Crippen LogP contribution in [0.5, 0.6) is 5.75 Å². The summed E-state index contributed by atoms with van der Waals surface area (Å²) in [5.74, 6) is 0.519. The second kappa shape index (κ2) is 8.27. The van der Waals surface area contributed by atoms with Crippen molar-refractivity contribution in [2.45, 2.75) is 17.7 Å². The summed E-state index contributed by atoms with van der Waals surface area (Å²) >= 11 is 4.47. The van der Waals surface area contributed by atoms with Crippen LogP contribution in [-0.4, -0.2) is 39.7 Å². The molecule has 4 rings (SSSR count). The third kappa shape index (κ3) is 4.08. The molecule has 29 heavy (non-hydrogen) atoms. The third-order valence-corrected chi connectivity index (χ3v) is 7.70. The van der Waals surface area contributed by atoms with Gasteiger partial charge in [0.15, 0.2) is 17.4 Å². The van der Waals surface area contributed by atoms with Crippen molar-refractivity contribution in [1.82, 2.24) is 13.1 Å². The van der Waals surface area contributed by atoms with E-state index in [1.54, 1.807) is 12.1 Å². The highest BCUT2D eigenvalue weighted by Crippen LogP contribution is 2.37. The van der Waals surface area contributed by atoms with Gasteiger partial charge in [0, 0.05) is 17.6 Å². The summed E-state index contributed by atoms with van der Waals surface area (Å²) in [5.41, 5.74) is 1.05. The highest BCUT2D eigenvalue weighted by Gasteiger charge is 2.30. The van der Waals surface area contributed by atoms with Crippen molar-refractivity contribution >= 4 is 60.7 Å². The molecule has 2 aromatic carbocycles. The molecule has 1 aliphatic rings. The van der Waals surface area contributed by atoms with Gasteiger partial charge in [-0.15, -0.1) is 0 Å². The second-order valence-electron chi connectivity index (χ2n) is 6.45. The Morgan fingerprint density at radius 3 is 2.28 bits per heavy atom. The van der Waals surface area contributed by atoms with Gasteiger partial charge in [-0.1, -0.05) is 18.2 Å². The van der Waals surface area contributed by atoms with Crippen LogP contribution in [-0.2, 0) is 10.0 Å². The number of phenolic OH excluding ortho intramolecular Hbond substituents is 1. The molecule has 0 unspecified atom stereocenters. The Morgan fingerprint density at radius 2 is 1.59 bits per heavy atom. The molecular weight excluding hydrogens is 478 g/mol. The Balaban J connectivity index is 1.62. The van der Waals surface area contributed by atoms with E-state index in [1.807, 2.05) is 24.3 Å². The highest BCUT2D eigenvalue weighted by molar-refractivity contribution is 9.10. The number of nitrogens with one attached hydrogen (secondary N) is 2. The van der Waals surface area contributed by atoms with Crippen LogP contribution in [0, 0.1) is 0 Å². The first-order valence-corrected chi connectivity index (χ1v) is 11.9. The zero-order valence-electron chi connectivity index (χ0n) is 15.2. The van der Waals surface area contributed by atoms with Gasteiger partial charge in [-0.05, 0) is 53.0 Å². The predicted octanol–water partition coefficient (Wildman–Crippen LogP) is 4.28. The van der Waals surface area contributed by atoms with Crippen molar-refractivity contribution in [3.63, 3.8) is 0 Å². The molecule has 0 atom stereocenters. The topological polar surface area (TPSA) is 107 Å². The van der Waals surface area contributed by atoms with Gasteiger partial charge in [-0.25, -0.2) is 8.42 Å². The number of phenols is 1. The van der Waals surface area contributed by atoms with E-state index in [2.05, 4.69) is 35.3 Å². The third-order valence-electron chi connectivity index (χ3n) is 4.55. The molecule has 0 saturated carbocycles. The summed E-state index contributed by atoms with van der Waals surface area (Å²) in [4.78, 5) is -0.118. The Morgan fingerprint density at radius 1 is 0.966 bits per heavy atom. The summed E-state index contributed by atoms with van der Waals surface area (Å²) < 4.78 is 36.4. The van der Waals surface area contributed by atoms with Crippen molar-refractivity contribution in [2.24, 2.45) is 0 Å². The maximum Gasteiger partial charge on any atom is 0.246 e. The van der Waals surface area contributed by atoms with Crippen LogP contribution in [0.4, 0.5) is 23.0 Å². The summed E-state index contributed by atoms with van der Waals surface area (Å²) in [6.07, 6.45) is 1.65. The number of hydrogen-bond acceptors (Lipinski definition) is 8. The number of halogens is 1. The van der Waals surface area contributed by atoms with Crippen LogP contribution in [0.15, 0.2) is 51.8 Å². The average Bonchev–Trinajstić information content (AvgIpc) is 3.38. The Kier molecular flexibility index (Phi) is 5.72. The van der Waals surface area contributed by atoms with Crippen LogP contribution >= 0.6 is 27.7 Å². The van der Waals surface area contributed by atoms with Gasteiger partial charge in [0.25, 0.3) is 0 Å². The summed E-state index contributed by atoms with van der Waals surface area (Å²) in [5, 5.41) is 16.8. The van der Waals surface area contributed by atoms with Gasteiger partial charge in [-0.2, -0.15) is 13.1 Å². The molecule has 3 aromatic rings. The maximum absolute atomic E-state index is 12.9.